The average molecular weight is 236 g/mol. The van der Waals surface area contributed by atoms with E-state index in [9.17, 15) is 9.59 Å². The second-order valence-electron chi connectivity index (χ2n) is 2.95. The van der Waals surface area contributed by atoms with Crippen LogP contribution < -0.4 is 5.32 Å². The van der Waals surface area contributed by atoms with Gasteiger partial charge in [0.05, 0.1) is 0 Å². The van der Waals surface area contributed by atoms with Crippen molar-refractivity contribution in [1.29, 1.82) is 0 Å². The van der Waals surface area contributed by atoms with Gasteiger partial charge in [0.25, 0.3) is 0 Å². The molecule has 0 spiro atoms. The van der Waals surface area contributed by atoms with Gasteiger partial charge in [-0.15, -0.1) is 11.6 Å². The first kappa shape index (κ1) is 12.3. The molecule has 0 radical (unpaired) electrons. The number of benzene rings is 1. The van der Waals surface area contributed by atoms with Crippen molar-refractivity contribution in [2.45, 2.75) is 6.42 Å². The van der Waals surface area contributed by atoms with Crippen LogP contribution >= 0.6 is 11.6 Å². The molecule has 0 aliphatic rings. The monoisotopic (exact) mass is 235 g/mol. The SMILES string of the molecule is O=CC#Cc1ccc(NC(=O)CCCl)cc1. The number of nitrogens with one attached hydrogen (secondary N) is 1. The molecule has 1 rings (SSSR count). The molecule has 0 fully saturated rings. The summed E-state index contributed by atoms with van der Waals surface area (Å²) in [5.41, 5.74) is 1.41. The summed E-state index contributed by atoms with van der Waals surface area (Å²) in [6.45, 7) is 0. The third kappa shape index (κ3) is 4.16. The van der Waals surface area contributed by atoms with Gasteiger partial charge in [0.15, 0.2) is 6.29 Å². The summed E-state index contributed by atoms with van der Waals surface area (Å²) in [6, 6.07) is 6.90. The second-order valence-corrected chi connectivity index (χ2v) is 3.33. The van der Waals surface area contributed by atoms with Gasteiger partial charge in [0.1, 0.15) is 0 Å². The van der Waals surface area contributed by atoms with E-state index in [2.05, 4.69) is 17.2 Å². The Balaban J connectivity index is 2.64. The fourth-order valence-electron chi connectivity index (χ4n) is 1.06. The minimum Gasteiger partial charge on any atom is -0.326 e. The zero-order valence-electron chi connectivity index (χ0n) is 8.50. The highest BCUT2D eigenvalue weighted by Crippen LogP contribution is 2.09. The third-order valence-corrected chi connectivity index (χ3v) is 1.95. The molecule has 1 aromatic carbocycles. The van der Waals surface area contributed by atoms with E-state index in [0.29, 0.717) is 17.9 Å². The van der Waals surface area contributed by atoms with E-state index in [0.717, 1.165) is 5.56 Å². The molecule has 0 heterocycles. The maximum absolute atomic E-state index is 11.2. The van der Waals surface area contributed by atoms with Crippen LogP contribution in [0, 0.1) is 11.8 Å². The molecular formula is C12H10ClNO2. The van der Waals surface area contributed by atoms with E-state index in [4.69, 9.17) is 11.6 Å². The Morgan fingerprint density at radius 3 is 2.62 bits per heavy atom. The molecule has 1 N–H and O–H groups in total. The molecule has 3 nitrogen and oxygen atoms in total. The van der Waals surface area contributed by atoms with Crippen molar-refractivity contribution < 1.29 is 9.59 Å². The third-order valence-electron chi connectivity index (χ3n) is 1.77. The van der Waals surface area contributed by atoms with Crippen molar-refractivity contribution in [1.82, 2.24) is 0 Å². The van der Waals surface area contributed by atoms with Gasteiger partial charge in [-0.3, -0.25) is 9.59 Å². The number of hydrogen-bond acceptors (Lipinski definition) is 2. The summed E-state index contributed by atoms with van der Waals surface area (Å²) in [7, 11) is 0. The van der Waals surface area contributed by atoms with E-state index < -0.39 is 0 Å². The predicted molar refractivity (Wildman–Crippen MR) is 63.4 cm³/mol. The van der Waals surface area contributed by atoms with Crippen molar-refractivity contribution in [2.75, 3.05) is 11.2 Å². The van der Waals surface area contributed by atoms with E-state index in [-0.39, 0.29) is 12.3 Å². The summed E-state index contributed by atoms with van der Waals surface area (Å²) < 4.78 is 0. The molecule has 16 heavy (non-hydrogen) atoms. The summed E-state index contributed by atoms with van der Waals surface area (Å²) in [5.74, 6) is 5.13. The number of rotatable bonds is 3. The highest BCUT2D eigenvalue weighted by molar-refractivity contribution is 6.19. The largest absolute Gasteiger partial charge is 0.326 e. The second kappa shape index (κ2) is 6.65. The molecule has 1 aromatic rings. The smallest absolute Gasteiger partial charge is 0.225 e. The molecule has 0 unspecified atom stereocenters. The van der Waals surface area contributed by atoms with Crippen LogP contribution in [0.5, 0.6) is 0 Å². The molecule has 0 bridgehead atoms. The zero-order valence-corrected chi connectivity index (χ0v) is 9.25. The Bertz CT molecular complexity index is 429. The van der Waals surface area contributed by atoms with Gasteiger partial charge in [-0.1, -0.05) is 5.92 Å². The molecule has 4 heteroatoms. The van der Waals surface area contributed by atoms with Gasteiger partial charge < -0.3 is 5.32 Å². The van der Waals surface area contributed by atoms with Gasteiger partial charge in [0, 0.05) is 23.6 Å². The highest BCUT2D eigenvalue weighted by atomic mass is 35.5. The number of hydrogen-bond donors (Lipinski definition) is 1. The lowest BCUT2D eigenvalue weighted by Gasteiger charge is -2.03. The number of anilines is 1. The molecule has 1 amide bonds. The Morgan fingerprint density at radius 2 is 2.06 bits per heavy atom. The van der Waals surface area contributed by atoms with Crippen molar-refractivity contribution in [3.05, 3.63) is 29.8 Å². The average Bonchev–Trinajstić information content (AvgIpc) is 2.28. The van der Waals surface area contributed by atoms with Crippen LogP contribution in [0.1, 0.15) is 12.0 Å². The number of amides is 1. The predicted octanol–water partition coefficient (Wildman–Crippen LogP) is 1.80. The number of alkyl halides is 1. The number of carbonyl (C=O) groups is 2. The van der Waals surface area contributed by atoms with Crippen molar-refractivity contribution in [3.63, 3.8) is 0 Å². The van der Waals surface area contributed by atoms with Gasteiger partial charge in [-0.05, 0) is 30.2 Å². The molecule has 0 saturated carbocycles. The first-order chi connectivity index (χ1) is 7.76. The lowest BCUT2D eigenvalue weighted by molar-refractivity contribution is -0.115. The van der Waals surface area contributed by atoms with E-state index in [1.165, 1.54) is 0 Å². The molecule has 0 aliphatic heterocycles. The fraction of sp³-hybridized carbons (Fsp3) is 0.167. The minimum atomic E-state index is -0.123. The van der Waals surface area contributed by atoms with Crippen LogP contribution in [0.15, 0.2) is 24.3 Å². The van der Waals surface area contributed by atoms with E-state index >= 15 is 0 Å². The van der Waals surface area contributed by atoms with E-state index in [1.54, 1.807) is 24.3 Å². The van der Waals surface area contributed by atoms with Crippen LogP contribution in [-0.2, 0) is 9.59 Å². The standard InChI is InChI=1S/C12H10ClNO2/c13-8-7-12(16)14-11-5-3-10(4-6-11)2-1-9-15/h3-6,9H,7-8H2,(H,14,16). The summed E-state index contributed by atoms with van der Waals surface area (Å²) >= 11 is 5.43. The fourth-order valence-corrected chi connectivity index (χ4v) is 1.23. The molecule has 0 atom stereocenters. The summed E-state index contributed by atoms with van der Waals surface area (Å²) in [5, 5.41) is 2.69. The Labute approximate surface area is 98.8 Å². The topological polar surface area (TPSA) is 46.2 Å². The van der Waals surface area contributed by atoms with Gasteiger partial charge in [-0.25, -0.2) is 0 Å². The first-order valence-electron chi connectivity index (χ1n) is 4.67. The first-order valence-corrected chi connectivity index (χ1v) is 5.21. The minimum absolute atomic E-state index is 0.123. The van der Waals surface area contributed by atoms with Crippen LogP contribution in [0.4, 0.5) is 5.69 Å². The summed E-state index contributed by atoms with van der Waals surface area (Å²) in [4.78, 5) is 21.2. The van der Waals surface area contributed by atoms with Crippen molar-refractivity contribution in [3.8, 4) is 11.8 Å². The number of halogens is 1. The van der Waals surface area contributed by atoms with Crippen LogP contribution in [0.25, 0.3) is 0 Å². The normalized spacial score (nSPS) is 8.81. The van der Waals surface area contributed by atoms with Crippen LogP contribution in [-0.4, -0.2) is 18.1 Å². The van der Waals surface area contributed by atoms with Gasteiger partial charge in [-0.2, -0.15) is 0 Å². The van der Waals surface area contributed by atoms with Gasteiger partial charge in [0.2, 0.25) is 5.91 Å². The molecule has 0 saturated heterocycles. The van der Waals surface area contributed by atoms with Crippen molar-refractivity contribution in [2.24, 2.45) is 0 Å². The number of carbonyl (C=O) groups excluding carboxylic acids is 2. The maximum Gasteiger partial charge on any atom is 0.225 e. The van der Waals surface area contributed by atoms with Gasteiger partial charge >= 0.3 is 0 Å². The zero-order chi connectivity index (χ0) is 11.8. The summed E-state index contributed by atoms with van der Waals surface area (Å²) in [6.07, 6.45) is 0.824. The van der Waals surface area contributed by atoms with E-state index in [1.807, 2.05) is 0 Å². The lowest BCUT2D eigenvalue weighted by atomic mass is 10.2. The lowest BCUT2D eigenvalue weighted by Crippen LogP contribution is -2.11. The molecule has 0 aliphatic carbocycles. The molecule has 82 valence electrons. The van der Waals surface area contributed by atoms with Crippen LogP contribution in [0.2, 0.25) is 0 Å². The Hall–Kier alpha value is -1.79. The van der Waals surface area contributed by atoms with Crippen LogP contribution in [0.3, 0.4) is 0 Å². The van der Waals surface area contributed by atoms with Crippen molar-refractivity contribution >= 4 is 29.5 Å². The number of aldehydes is 1. The highest BCUT2D eigenvalue weighted by Gasteiger charge is 2.00. The Kier molecular flexibility index (Phi) is 5.10. The molecule has 0 aromatic heterocycles. The maximum atomic E-state index is 11.2. The Morgan fingerprint density at radius 1 is 1.38 bits per heavy atom. The quantitative estimate of drug-likeness (QED) is 0.493. The molecular weight excluding hydrogens is 226 g/mol.